The molecular weight excluding hydrogens is 298 g/mol. The third kappa shape index (κ3) is 3.69. The van der Waals surface area contributed by atoms with E-state index < -0.39 is 38.7 Å². The summed E-state index contributed by atoms with van der Waals surface area (Å²) in [5, 5.41) is 1.71. The van der Waals surface area contributed by atoms with Gasteiger partial charge in [-0.05, 0) is 31.7 Å². The molecule has 0 saturated heterocycles. The standard InChI is InChI=1S/C12H15F4NO2S/c1-7(20(3,18)19)11(17-2)8-4-5-10(13)9(6-8)12(14,15)16/h4-7,11,17H,1-3H3. The van der Waals surface area contributed by atoms with Crippen LogP contribution < -0.4 is 5.32 Å². The highest BCUT2D eigenvalue weighted by Gasteiger charge is 2.35. The van der Waals surface area contributed by atoms with Crippen LogP contribution >= 0.6 is 0 Å². The number of hydrogen-bond acceptors (Lipinski definition) is 3. The van der Waals surface area contributed by atoms with Crippen molar-refractivity contribution in [2.75, 3.05) is 13.3 Å². The first kappa shape index (κ1) is 16.9. The molecular formula is C12H15F4NO2S. The van der Waals surface area contributed by atoms with Gasteiger partial charge in [-0.1, -0.05) is 6.07 Å². The Bertz CT molecular complexity index is 584. The Morgan fingerprint density at radius 3 is 2.20 bits per heavy atom. The predicted octanol–water partition coefficient (Wildman–Crippen LogP) is 2.54. The molecule has 2 unspecified atom stereocenters. The van der Waals surface area contributed by atoms with Crippen LogP contribution in [0.5, 0.6) is 0 Å². The maximum atomic E-state index is 13.2. The number of halogens is 4. The third-order valence-corrected chi connectivity index (χ3v) is 4.73. The van der Waals surface area contributed by atoms with Gasteiger partial charge in [-0.25, -0.2) is 12.8 Å². The van der Waals surface area contributed by atoms with Crippen molar-refractivity contribution in [3.05, 3.63) is 35.1 Å². The number of rotatable bonds is 4. The van der Waals surface area contributed by atoms with Crippen LogP contribution in [-0.2, 0) is 16.0 Å². The average Bonchev–Trinajstić information content (AvgIpc) is 2.29. The van der Waals surface area contributed by atoms with Crippen molar-refractivity contribution in [1.82, 2.24) is 5.32 Å². The molecule has 8 heteroatoms. The SMILES string of the molecule is CNC(c1ccc(F)c(C(F)(F)F)c1)C(C)S(C)(=O)=O. The summed E-state index contributed by atoms with van der Waals surface area (Å²) in [6, 6.07) is 1.62. The van der Waals surface area contributed by atoms with Crippen molar-refractivity contribution in [3.63, 3.8) is 0 Å². The molecule has 0 bridgehead atoms. The van der Waals surface area contributed by atoms with E-state index in [9.17, 15) is 26.0 Å². The summed E-state index contributed by atoms with van der Waals surface area (Å²) < 4.78 is 74.2. The summed E-state index contributed by atoms with van der Waals surface area (Å²) in [5.74, 6) is -1.39. The van der Waals surface area contributed by atoms with Gasteiger partial charge in [0.1, 0.15) is 5.82 Å². The zero-order valence-corrected chi connectivity index (χ0v) is 11.9. The van der Waals surface area contributed by atoms with Crippen molar-refractivity contribution in [1.29, 1.82) is 0 Å². The monoisotopic (exact) mass is 313 g/mol. The molecule has 0 fully saturated rings. The number of sulfone groups is 1. The lowest BCUT2D eigenvalue weighted by Gasteiger charge is -2.23. The molecule has 0 aliphatic heterocycles. The first-order valence-corrected chi connectivity index (χ1v) is 7.66. The molecule has 1 N–H and O–H groups in total. The minimum Gasteiger partial charge on any atom is -0.312 e. The van der Waals surface area contributed by atoms with E-state index in [1.165, 1.54) is 14.0 Å². The Labute approximate surface area is 114 Å². The van der Waals surface area contributed by atoms with Gasteiger partial charge in [-0.3, -0.25) is 0 Å². The Hall–Kier alpha value is -1.15. The summed E-state index contributed by atoms with van der Waals surface area (Å²) in [7, 11) is -2.02. The molecule has 0 radical (unpaired) electrons. The molecule has 0 heterocycles. The second kappa shape index (κ2) is 5.69. The summed E-state index contributed by atoms with van der Waals surface area (Å²) in [4.78, 5) is 0. The molecule has 3 nitrogen and oxygen atoms in total. The first-order chi connectivity index (χ1) is 8.98. The molecule has 114 valence electrons. The van der Waals surface area contributed by atoms with Crippen molar-refractivity contribution >= 4 is 9.84 Å². The second-order valence-corrected chi connectivity index (χ2v) is 6.94. The molecule has 2 atom stereocenters. The molecule has 0 amide bonds. The van der Waals surface area contributed by atoms with Gasteiger partial charge in [-0.15, -0.1) is 0 Å². The highest BCUT2D eigenvalue weighted by Crippen LogP contribution is 2.34. The van der Waals surface area contributed by atoms with E-state index in [1.54, 1.807) is 0 Å². The first-order valence-electron chi connectivity index (χ1n) is 5.71. The molecule has 1 rings (SSSR count). The van der Waals surface area contributed by atoms with Crippen LogP contribution in [0, 0.1) is 5.82 Å². The van der Waals surface area contributed by atoms with Crippen LogP contribution in [0.4, 0.5) is 17.6 Å². The molecule has 1 aromatic rings. The van der Waals surface area contributed by atoms with E-state index in [-0.39, 0.29) is 5.56 Å². The smallest absolute Gasteiger partial charge is 0.312 e. The van der Waals surface area contributed by atoms with E-state index in [0.29, 0.717) is 12.1 Å². The maximum absolute atomic E-state index is 13.2. The largest absolute Gasteiger partial charge is 0.419 e. The normalized spacial score (nSPS) is 15.9. The molecule has 0 spiro atoms. The van der Waals surface area contributed by atoms with Gasteiger partial charge in [0.05, 0.1) is 10.8 Å². The van der Waals surface area contributed by atoms with Crippen molar-refractivity contribution in [2.45, 2.75) is 24.4 Å². The van der Waals surface area contributed by atoms with Crippen LogP contribution in [-0.4, -0.2) is 27.0 Å². The molecule has 1 aromatic carbocycles. The fourth-order valence-corrected chi connectivity index (χ4v) is 2.66. The van der Waals surface area contributed by atoms with Crippen molar-refractivity contribution in [3.8, 4) is 0 Å². The van der Waals surface area contributed by atoms with Gasteiger partial charge in [0.2, 0.25) is 0 Å². The lowest BCUT2D eigenvalue weighted by atomic mass is 10.0. The predicted molar refractivity (Wildman–Crippen MR) is 67.5 cm³/mol. The van der Waals surface area contributed by atoms with Crippen LogP contribution in [0.2, 0.25) is 0 Å². The average molecular weight is 313 g/mol. The van der Waals surface area contributed by atoms with Crippen molar-refractivity contribution < 1.29 is 26.0 Å². The third-order valence-electron chi connectivity index (χ3n) is 3.11. The zero-order chi connectivity index (χ0) is 15.7. The minimum absolute atomic E-state index is 0.0687. The van der Waals surface area contributed by atoms with E-state index in [2.05, 4.69) is 5.32 Å². The fourth-order valence-electron chi connectivity index (χ4n) is 1.87. The van der Waals surface area contributed by atoms with Crippen LogP contribution in [0.3, 0.4) is 0 Å². The summed E-state index contributed by atoms with van der Waals surface area (Å²) in [6.07, 6.45) is -3.83. The molecule has 0 saturated carbocycles. The lowest BCUT2D eigenvalue weighted by molar-refractivity contribution is -0.140. The Morgan fingerprint density at radius 1 is 1.25 bits per heavy atom. The maximum Gasteiger partial charge on any atom is 0.419 e. The number of benzene rings is 1. The van der Waals surface area contributed by atoms with E-state index in [4.69, 9.17) is 0 Å². The lowest BCUT2D eigenvalue weighted by Crippen LogP contribution is -2.33. The fraction of sp³-hybridized carbons (Fsp3) is 0.500. The van der Waals surface area contributed by atoms with Crippen LogP contribution in [0.25, 0.3) is 0 Å². The topological polar surface area (TPSA) is 46.2 Å². The van der Waals surface area contributed by atoms with Gasteiger partial charge >= 0.3 is 6.18 Å². The quantitative estimate of drug-likeness (QED) is 0.869. The van der Waals surface area contributed by atoms with Gasteiger partial charge < -0.3 is 5.32 Å². The van der Waals surface area contributed by atoms with Gasteiger partial charge in [0, 0.05) is 12.3 Å². The summed E-state index contributed by atoms with van der Waals surface area (Å²) >= 11 is 0. The number of alkyl halides is 3. The Balaban J connectivity index is 3.32. The molecule has 0 aromatic heterocycles. The summed E-state index contributed by atoms with van der Waals surface area (Å²) in [6.45, 7) is 1.38. The molecule has 20 heavy (non-hydrogen) atoms. The Morgan fingerprint density at radius 2 is 1.80 bits per heavy atom. The number of nitrogens with one attached hydrogen (secondary N) is 1. The van der Waals surface area contributed by atoms with E-state index in [0.717, 1.165) is 12.3 Å². The van der Waals surface area contributed by atoms with E-state index >= 15 is 0 Å². The van der Waals surface area contributed by atoms with Crippen LogP contribution in [0.15, 0.2) is 18.2 Å². The highest BCUT2D eigenvalue weighted by atomic mass is 32.2. The molecule has 0 aliphatic rings. The zero-order valence-electron chi connectivity index (χ0n) is 11.1. The Kier molecular flexibility index (Phi) is 4.81. The van der Waals surface area contributed by atoms with Crippen molar-refractivity contribution in [2.24, 2.45) is 0 Å². The van der Waals surface area contributed by atoms with E-state index in [1.807, 2.05) is 0 Å². The minimum atomic E-state index is -4.83. The van der Waals surface area contributed by atoms with Gasteiger partial charge in [0.15, 0.2) is 9.84 Å². The highest BCUT2D eigenvalue weighted by molar-refractivity contribution is 7.91. The van der Waals surface area contributed by atoms with Gasteiger partial charge in [0.25, 0.3) is 0 Å². The molecule has 0 aliphatic carbocycles. The summed E-state index contributed by atoms with van der Waals surface area (Å²) in [5.41, 5.74) is -1.34. The van der Waals surface area contributed by atoms with Crippen LogP contribution in [0.1, 0.15) is 24.1 Å². The number of hydrogen-bond donors (Lipinski definition) is 1. The van der Waals surface area contributed by atoms with Gasteiger partial charge in [-0.2, -0.15) is 13.2 Å². The second-order valence-electron chi connectivity index (χ2n) is 4.54.